The lowest BCUT2D eigenvalue weighted by molar-refractivity contribution is 0.474. The molecule has 0 amide bonds. The van der Waals surface area contributed by atoms with E-state index in [0.29, 0.717) is 6.04 Å². The van der Waals surface area contributed by atoms with Crippen molar-refractivity contribution in [3.05, 3.63) is 35.0 Å². The van der Waals surface area contributed by atoms with E-state index in [1.165, 1.54) is 41.4 Å². The highest BCUT2D eigenvalue weighted by Gasteiger charge is 2.25. The molecule has 0 bridgehead atoms. The normalized spacial score (nSPS) is 19.2. The highest BCUT2D eigenvalue weighted by Crippen LogP contribution is 2.37. The molecule has 1 aliphatic carbocycles. The van der Waals surface area contributed by atoms with Crippen LogP contribution in [0, 0.1) is 0 Å². The summed E-state index contributed by atoms with van der Waals surface area (Å²) in [7, 11) is 4.31. The Kier molecular flexibility index (Phi) is 2.90. The Balaban J connectivity index is 2.34. The van der Waals surface area contributed by atoms with Gasteiger partial charge in [-0.05, 0) is 43.9 Å². The number of rotatable bonds is 2. The summed E-state index contributed by atoms with van der Waals surface area (Å²) in [5.74, 6) is 0. The van der Waals surface area contributed by atoms with Crippen LogP contribution < -0.4 is 5.32 Å². The maximum atomic E-state index is 3.48. The SMILES string of the molecule is CCc1cccc2c3c(n(C)c12)C(NC)CCC3. The van der Waals surface area contributed by atoms with Crippen molar-refractivity contribution in [2.45, 2.75) is 38.6 Å². The lowest BCUT2D eigenvalue weighted by Crippen LogP contribution is -2.23. The second kappa shape index (κ2) is 4.43. The largest absolute Gasteiger partial charge is 0.346 e. The summed E-state index contributed by atoms with van der Waals surface area (Å²) >= 11 is 0. The van der Waals surface area contributed by atoms with E-state index in [-0.39, 0.29) is 0 Å². The topological polar surface area (TPSA) is 17.0 Å². The molecule has 0 saturated carbocycles. The number of para-hydroxylation sites is 1. The molecule has 3 rings (SSSR count). The number of benzene rings is 1. The molecule has 1 aromatic heterocycles. The van der Waals surface area contributed by atoms with Crippen LogP contribution in [0.5, 0.6) is 0 Å². The molecule has 1 N–H and O–H groups in total. The maximum absolute atomic E-state index is 3.48. The van der Waals surface area contributed by atoms with E-state index in [1.54, 1.807) is 5.56 Å². The Labute approximate surface area is 109 Å². The van der Waals surface area contributed by atoms with Crippen molar-refractivity contribution in [2.75, 3.05) is 7.05 Å². The maximum Gasteiger partial charge on any atom is 0.0515 e. The van der Waals surface area contributed by atoms with Gasteiger partial charge in [-0.1, -0.05) is 25.1 Å². The van der Waals surface area contributed by atoms with Crippen molar-refractivity contribution in [3.8, 4) is 0 Å². The lowest BCUT2D eigenvalue weighted by Gasteiger charge is -2.24. The summed E-state index contributed by atoms with van der Waals surface area (Å²) in [5.41, 5.74) is 6.01. The van der Waals surface area contributed by atoms with Crippen LogP contribution in [-0.2, 0) is 19.9 Å². The second-order valence-corrected chi connectivity index (χ2v) is 5.32. The number of nitrogens with zero attached hydrogens (tertiary/aromatic N) is 1. The minimum absolute atomic E-state index is 0.524. The summed E-state index contributed by atoms with van der Waals surface area (Å²) in [5, 5.41) is 4.96. The summed E-state index contributed by atoms with van der Waals surface area (Å²) in [6.45, 7) is 2.25. The number of aryl methyl sites for hydroxylation is 3. The third-order valence-corrected chi connectivity index (χ3v) is 4.43. The summed E-state index contributed by atoms with van der Waals surface area (Å²) in [6, 6.07) is 7.30. The van der Waals surface area contributed by atoms with Crippen LogP contribution in [0.3, 0.4) is 0 Å². The van der Waals surface area contributed by atoms with Crippen LogP contribution in [0.2, 0.25) is 0 Å². The Hall–Kier alpha value is -1.28. The third-order valence-electron chi connectivity index (χ3n) is 4.43. The molecule has 2 heteroatoms. The van der Waals surface area contributed by atoms with Crippen LogP contribution in [0.4, 0.5) is 0 Å². The molecule has 1 aromatic carbocycles. The molecular formula is C16H22N2. The molecule has 1 heterocycles. The Morgan fingerprint density at radius 3 is 2.94 bits per heavy atom. The van der Waals surface area contributed by atoms with Gasteiger partial charge in [-0.3, -0.25) is 0 Å². The van der Waals surface area contributed by atoms with Crippen molar-refractivity contribution in [2.24, 2.45) is 7.05 Å². The Bertz CT molecular complexity index is 580. The molecule has 96 valence electrons. The van der Waals surface area contributed by atoms with Gasteiger partial charge in [0.2, 0.25) is 0 Å². The first-order valence-corrected chi connectivity index (χ1v) is 7.04. The fourth-order valence-corrected chi connectivity index (χ4v) is 3.58. The fourth-order valence-electron chi connectivity index (χ4n) is 3.58. The lowest BCUT2D eigenvalue weighted by atomic mass is 9.91. The zero-order chi connectivity index (χ0) is 12.7. The molecule has 1 atom stereocenters. The standard InChI is InChI=1S/C16H22N2/c1-4-11-7-5-8-12-13-9-6-10-14(17-2)16(13)18(3)15(11)12/h5,7-8,14,17H,4,6,9-10H2,1-3H3. The van der Waals surface area contributed by atoms with E-state index in [1.807, 2.05) is 0 Å². The van der Waals surface area contributed by atoms with Crippen LogP contribution in [0.15, 0.2) is 18.2 Å². The van der Waals surface area contributed by atoms with Gasteiger partial charge in [-0.2, -0.15) is 0 Å². The van der Waals surface area contributed by atoms with Crippen molar-refractivity contribution < 1.29 is 0 Å². The molecule has 0 aliphatic heterocycles. The monoisotopic (exact) mass is 242 g/mol. The molecule has 2 aromatic rings. The minimum atomic E-state index is 0.524. The number of nitrogens with one attached hydrogen (secondary N) is 1. The van der Waals surface area contributed by atoms with E-state index in [9.17, 15) is 0 Å². The van der Waals surface area contributed by atoms with Crippen LogP contribution >= 0.6 is 0 Å². The Morgan fingerprint density at radius 2 is 2.22 bits per heavy atom. The molecule has 0 spiro atoms. The van der Waals surface area contributed by atoms with Gasteiger partial charge in [0.05, 0.1) is 5.52 Å². The van der Waals surface area contributed by atoms with Gasteiger partial charge in [0.25, 0.3) is 0 Å². The fraction of sp³-hybridized carbons (Fsp3) is 0.500. The molecule has 0 fully saturated rings. The van der Waals surface area contributed by atoms with Gasteiger partial charge in [0.15, 0.2) is 0 Å². The molecule has 0 radical (unpaired) electrons. The van der Waals surface area contributed by atoms with E-state index in [0.717, 1.165) is 6.42 Å². The molecule has 2 nitrogen and oxygen atoms in total. The van der Waals surface area contributed by atoms with Gasteiger partial charge in [0.1, 0.15) is 0 Å². The average molecular weight is 242 g/mol. The van der Waals surface area contributed by atoms with Crippen molar-refractivity contribution in [1.29, 1.82) is 0 Å². The van der Waals surface area contributed by atoms with Gasteiger partial charge in [0, 0.05) is 24.2 Å². The van der Waals surface area contributed by atoms with E-state index >= 15 is 0 Å². The van der Waals surface area contributed by atoms with E-state index in [4.69, 9.17) is 0 Å². The van der Waals surface area contributed by atoms with E-state index < -0.39 is 0 Å². The summed E-state index contributed by atoms with van der Waals surface area (Å²) < 4.78 is 2.43. The van der Waals surface area contributed by atoms with Crippen molar-refractivity contribution in [3.63, 3.8) is 0 Å². The quantitative estimate of drug-likeness (QED) is 0.854. The number of fused-ring (bicyclic) bond motifs is 3. The average Bonchev–Trinajstić information content (AvgIpc) is 2.73. The number of aromatic nitrogens is 1. The number of hydrogen-bond acceptors (Lipinski definition) is 1. The van der Waals surface area contributed by atoms with E-state index in [2.05, 4.69) is 49.1 Å². The minimum Gasteiger partial charge on any atom is -0.346 e. The Morgan fingerprint density at radius 1 is 1.39 bits per heavy atom. The van der Waals surface area contributed by atoms with Gasteiger partial charge >= 0.3 is 0 Å². The summed E-state index contributed by atoms with van der Waals surface area (Å²) in [6.07, 6.45) is 4.90. The highest BCUT2D eigenvalue weighted by molar-refractivity contribution is 5.88. The van der Waals surface area contributed by atoms with Crippen LogP contribution in [-0.4, -0.2) is 11.6 Å². The van der Waals surface area contributed by atoms with Crippen molar-refractivity contribution >= 4 is 10.9 Å². The van der Waals surface area contributed by atoms with Gasteiger partial charge < -0.3 is 9.88 Å². The van der Waals surface area contributed by atoms with Crippen molar-refractivity contribution in [1.82, 2.24) is 9.88 Å². The first-order valence-electron chi connectivity index (χ1n) is 7.04. The third kappa shape index (κ3) is 1.52. The first kappa shape index (κ1) is 11.8. The second-order valence-electron chi connectivity index (χ2n) is 5.32. The molecule has 1 unspecified atom stereocenters. The molecular weight excluding hydrogens is 220 g/mol. The first-order chi connectivity index (χ1) is 8.77. The van der Waals surface area contributed by atoms with Gasteiger partial charge in [-0.25, -0.2) is 0 Å². The smallest absolute Gasteiger partial charge is 0.0515 e. The van der Waals surface area contributed by atoms with Crippen LogP contribution in [0.25, 0.3) is 10.9 Å². The highest BCUT2D eigenvalue weighted by atomic mass is 15.0. The summed E-state index contributed by atoms with van der Waals surface area (Å²) in [4.78, 5) is 0. The predicted octanol–water partition coefficient (Wildman–Crippen LogP) is 3.34. The predicted molar refractivity (Wildman–Crippen MR) is 77.0 cm³/mol. The van der Waals surface area contributed by atoms with Gasteiger partial charge in [-0.15, -0.1) is 0 Å². The zero-order valence-electron chi connectivity index (χ0n) is 11.6. The molecule has 1 aliphatic rings. The van der Waals surface area contributed by atoms with Crippen LogP contribution in [0.1, 0.15) is 42.6 Å². The number of hydrogen-bond donors (Lipinski definition) is 1. The molecule has 0 saturated heterocycles. The molecule has 18 heavy (non-hydrogen) atoms. The zero-order valence-corrected chi connectivity index (χ0v) is 11.6.